The highest BCUT2D eigenvalue weighted by atomic mass is 35.5. The van der Waals surface area contributed by atoms with Crippen LogP contribution in [0.25, 0.3) is 0 Å². The van der Waals surface area contributed by atoms with E-state index >= 15 is 0 Å². The van der Waals surface area contributed by atoms with E-state index in [0.717, 1.165) is 5.56 Å². The Morgan fingerprint density at radius 1 is 1.08 bits per heavy atom. The fourth-order valence-corrected chi connectivity index (χ4v) is 2.87. The van der Waals surface area contributed by atoms with Crippen LogP contribution in [0, 0.1) is 0 Å². The van der Waals surface area contributed by atoms with Gasteiger partial charge in [0.15, 0.2) is 6.10 Å². The molecule has 1 N–H and O–H groups in total. The molecule has 0 aromatic heterocycles. The topological polar surface area (TPSA) is 64.6 Å². The molecule has 2 atom stereocenters. The van der Waals surface area contributed by atoms with Gasteiger partial charge in [-0.15, -0.1) is 0 Å². The number of hydrogen-bond acceptors (Lipinski definition) is 4. The zero-order valence-corrected chi connectivity index (χ0v) is 16.1. The number of halogens is 2. The van der Waals surface area contributed by atoms with Crippen molar-refractivity contribution < 1.29 is 19.1 Å². The van der Waals surface area contributed by atoms with E-state index in [1.54, 1.807) is 49.4 Å². The standard InChI is InChI=1S/C19H19Cl2NO4/c1-11(16-8-7-14(20)10-17(16)21)22-18(23)12(2)26-19(24)13-5-4-6-15(9-13)25-3/h4-12H,1-3H3,(H,22,23)/t11-,12+/m1/s1. The molecule has 2 rings (SSSR count). The minimum Gasteiger partial charge on any atom is -0.497 e. The molecule has 2 aromatic carbocycles. The van der Waals surface area contributed by atoms with Gasteiger partial charge in [-0.1, -0.05) is 35.3 Å². The molecule has 1 amide bonds. The van der Waals surface area contributed by atoms with Crippen LogP contribution in [0.3, 0.4) is 0 Å². The van der Waals surface area contributed by atoms with Crippen molar-refractivity contribution in [1.29, 1.82) is 0 Å². The summed E-state index contributed by atoms with van der Waals surface area (Å²) in [6, 6.07) is 11.2. The number of rotatable bonds is 6. The highest BCUT2D eigenvalue weighted by molar-refractivity contribution is 6.35. The predicted octanol–water partition coefficient (Wildman–Crippen LogP) is 4.42. The van der Waals surface area contributed by atoms with Crippen LogP contribution in [-0.4, -0.2) is 25.1 Å². The van der Waals surface area contributed by atoms with Gasteiger partial charge < -0.3 is 14.8 Å². The van der Waals surface area contributed by atoms with Crippen LogP contribution in [0.2, 0.25) is 10.0 Å². The summed E-state index contributed by atoms with van der Waals surface area (Å²) in [5.74, 6) is -0.508. The average Bonchev–Trinajstić information content (AvgIpc) is 2.61. The maximum atomic E-state index is 12.3. The van der Waals surface area contributed by atoms with Crippen molar-refractivity contribution in [3.05, 3.63) is 63.6 Å². The molecule has 0 saturated carbocycles. The SMILES string of the molecule is COc1cccc(C(=O)O[C@@H](C)C(=O)N[C@H](C)c2ccc(Cl)cc2Cl)c1. The maximum Gasteiger partial charge on any atom is 0.339 e. The third-order valence-electron chi connectivity index (χ3n) is 3.75. The molecule has 7 heteroatoms. The molecule has 0 aliphatic rings. The monoisotopic (exact) mass is 395 g/mol. The normalized spacial score (nSPS) is 12.8. The number of carbonyl (C=O) groups excluding carboxylic acids is 2. The van der Waals surface area contributed by atoms with Crippen molar-refractivity contribution in [2.75, 3.05) is 7.11 Å². The lowest BCUT2D eigenvalue weighted by Gasteiger charge is -2.19. The highest BCUT2D eigenvalue weighted by Crippen LogP contribution is 2.26. The van der Waals surface area contributed by atoms with Gasteiger partial charge >= 0.3 is 5.97 Å². The lowest BCUT2D eigenvalue weighted by atomic mass is 10.1. The van der Waals surface area contributed by atoms with E-state index in [1.807, 2.05) is 0 Å². The molecule has 138 valence electrons. The smallest absolute Gasteiger partial charge is 0.339 e. The summed E-state index contributed by atoms with van der Waals surface area (Å²) >= 11 is 12.0. The van der Waals surface area contributed by atoms with Gasteiger partial charge in [0.1, 0.15) is 5.75 Å². The Labute approximate surface area is 162 Å². The zero-order valence-electron chi connectivity index (χ0n) is 14.6. The van der Waals surface area contributed by atoms with Crippen LogP contribution in [0.15, 0.2) is 42.5 Å². The summed E-state index contributed by atoms with van der Waals surface area (Å²) in [7, 11) is 1.50. The summed E-state index contributed by atoms with van der Waals surface area (Å²) in [6.45, 7) is 3.28. The molecule has 0 aliphatic heterocycles. The molecule has 0 fully saturated rings. The molecule has 0 spiro atoms. The van der Waals surface area contributed by atoms with E-state index in [9.17, 15) is 9.59 Å². The minimum absolute atomic E-state index is 0.304. The Morgan fingerprint density at radius 3 is 2.46 bits per heavy atom. The number of nitrogens with one attached hydrogen (secondary N) is 1. The number of carbonyl (C=O) groups is 2. The second kappa shape index (κ2) is 8.92. The quantitative estimate of drug-likeness (QED) is 0.734. The van der Waals surface area contributed by atoms with E-state index in [0.29, 0.717) is 21.4 Å². The number of methoxy groups -OCH3 is 1. The number of esters is 1. The first kappa shape index (κ1) is 20.1. The van der Waals surface area contributed by atoms with E-state index < -0.39 is 18.0 Å². The van der Waals surface area contributed by atoms with Crippen molar-refractivity contribution in [3.63, 3.8) is 0 Å². The van der Waals surface area contributed by atoms with Crippen LogP contribution in [-0.2, 0) is 9.53 Å². The summed E-state index contributed by atoms with van der Waals surface area (Å²) in [6.07, 6.45) is -0.970. The summed E-state index contributed by atoms with van der Waals surface area (Å²) in [5.41, 5.74) is 1.02. The Morgan fingerprint density at radius 2 is 1.81 bits per heavy atom. The van der Waals surface area contributed by atoms with Gasteiger partial charge in [-0.2, -0.15) is 0 Å². The molecule has 0 saturated heterocycles. The van der Waals surface area contributed by atoms with Crippen molar-refractivity contribution in [2.45, 2.75) is 26.0 Å². The van der Waals surface area contributed by atoms with Crippen LogP contribution >= 0.6 is 23.2 Å². The first-order valence-electron chi connectivity index (χ1n) is 7.92. The van der Waals surface area contributed by atoms with Gasteiger partial charge in [-0.05, 0) is 49.7 Å². The molecular formula is C19H19Cl2NO4. The minimum atomic E-state index is -0.970. The third-order valence-corrected chi connectivity index (χ3v) is 4.31. The fraction of sp³-hybridized carbons (Fsp3) is 0.263. The number of amides is 1. The van der Waals surface area contributed by atoms with Gasteiger partial charge in [0.25, 0.3) is 5.91 Å². The summed E-state index contributed by atoms with van der Waals surface area (Å²) in [4.78, 5) is 24.5. The molecule has 2 aromatic rings. The fourth-order valence-electron chi connectivity index (χ4n) is 2.29. The van der Waals surface area contributed by atoms with E-state index in [4.69, 9.17) is 32.7 Å². The van der Waals surface area contributed by atoms with Gasteiger partial charge in [0, 0.05) is 10.0 Å². The Balaban J connectivity index is 1.99. The molecule has 0 unspecified atom stereocenters. The van der Waals surface area contributed by atoms with Crippen molar-refractivity contribution in [3.8, 4) is 5.75 Å². The Bertz CT molecular complexity index is 810. The highest BCUT2D eigenvalue weighted by Gasteiger charge is 2.22. The van der Waals surface area contributed by atoms with Gasteiger partial charge in [0.2, 0.25) is 0 Å². The molecule has 5 nitrogen and oxygen atoms in total. The largest absolute Gasteiger partial charge is 0.497 e. The second-order valence-corrected chi connectivity index (χ2v) is 6.52. The first-order chi connectivity index (χ1) is 12.3. The average molecular weight is 396 g/mol. The number of ether oxygens (including phenoxy) is 2. The predicted molar refractivity (Wildman–Crippen MR) is 101 cm³/mol. The van der Waals surface area contributed by atoms with E-state index in [1.165, 1.54) is 14.0 Å². The lowest BCUT2D eigenvalue weighted by Crippen LogP contribution is -2.37. The van der Waals surface area contributed by atoms with Crippen LogP contribution in [0.4, 0.5) is 0 Å². The lowest BCUT2D eigenvalue weighted by molar-refractivity contribution is -0.129. The van der Waals surface area contributed by atoms with Gasteiger partial charge in [-0.3, -0.25) is 4.79 Å². The molecule has 0 heterocycles. The van der Waals surface area contributed by atoms with Crippen molar-refractivity contribution in [2.24, 2.45) is 0 Å². The number of hydrogen-bond donors (Lipinski definition) is 1. The van der Waals surface area contributed by atoms with Crippen LogP contribution in [0.1, 0.15) is 35.8 Å². The molecule has 26 heavy (non-hydrogen) atoms. The number of benzene rings is 2. The van der Waals surface area contributed by atoms with Gasteiger partial charge in [-0.25, -0.2) is 4.79 Å². The second-order valence-electron chi connectivity index (χ2n) is 5.68. The van der Waals surface area contributed by atoms with Crippen LogP contribution < -0.4 is 10.1 Å². The third kappa shape index (κ3) is 5.13. The van der Waals surface area contributed by atoms with Crippen molar-refractivity contribution >= 4 is 35.1 Å². The zero-order chi connectivity index (χ0) is 19.3. The van der Waals surface area contributed by atoms with Gasteiger partial charge in [0.05, 0.1) is 18.7 Å². The maximum absolute atomic E-state index is 12.3. The van der Waals surface area contributed by atoms with Crippen molar-refractivity contribution in [1.82, 2.24) is 5.32 Å². The molecular weight excluding hydrogens is 377 g/mol. The van der Waals surface area contributed by atoms with E-state index in [-0.39, 0.29) is 6.04 Å². The van der Waals surface area contributed by atoms with E-state index in [2.05, 4.69) is 5.32 Å². The molecule has 0 bridgehead atoms. The summed E-state index contributed by atoms with van der Waals surface area (Å²) in [5, 5.41) is 3.73. The Kier molecular flexibility index (Phi) is 6.89. The molecule has 0 radical (unpaired) electrons. The first-order valence-corrected chi connectivity index (χ1v) is 8.67. The summed E-state index contributed by atoms with van der Waals surface area (Å²) < 4.78 is 10.3. The molecule has 0 aliphatic carbocycles. The Hall–Kier alpha value is -2.24. The van der Waals surface area contributed by atoms with Crippen LogP contribution in [0.5, 0.6) is 5.75 Å².